The van der Waals surface area contributed by atoms with Crippen molar-refractivity contribution in [3.05, 3.63) is 22.0 Å². The second-order valence-electron chi connectivity index (χ2n) is 2.23. The molecule has 0 spiro atoms. The molecule has 0 aliphatic carbocycles. The third-order valence-electron chi connectivity index (χ3n) is 1.41. The molecule has 0 aromatic carbocycles. The van der Waals surface area contributed by atoms with Crippen molar-refractivity contribution in [2.75, 3.05) is 6.26 Å². The number of carbonyl (C=O) groups excluding carboxylic acids is 1. The number of nitrogens with zero attached hydrogens (tertiary/aromatic N) is 1. The van der Waals surface area contributed by atoms with Crippen LogP contribution in [-0.4, -0.2) is 27.4 Å². The summed E-state index contributed by atoms with van der Waals surface area (Å²) in [6.45, 7) is 0. The predicted octanol–water partition coefficient (Wildman–Crippen LogP) is -1.21. The molecule has 0 aromatic rings. The van der Waals surface area contributed by atoms with Crippen molar-refractivity contribution in [1.82, 2.24) is 10.6 Å². The minimum absolute atomic E-state index is 0.626. The molecule has 0 radical (unpaired) electrons. The zero-order chi connectivity index (χ0) is 10.1. The third kappa shape index (κ3) is 1.90. The highest BCUT2D eigenvalue weighted by Crippen LogP contribution is 2.16. The zero-order valence-corrected chi connectivity index (χ0v) is 7.42. The van der Waals surface area contributed by atoms with Crippen molar-refractivity contribution in [2.45, 2.75) is 5.18 Å². The summed E-state index contributed by atoms with van der Waals surface area (Å²) in [4.78, 5) is 20.4. The van der Waals surface area contributed by atoms with Crippen molar-refractivity contribution < 1.29 is 14.8 Å². The minimum Gasteiger partial charge on any atom is -0.345 e. The maximum absolute atomic E-state index is 11.0. The molecular weight excluding hydrogens is 198 g/mol. The van der Waals surface area contributed by atoms with Gasteiger partial charge in [0.05, 0.1) is 11.1 Å². The van der Waals surface area contributed by atoms with Gasteiger partial charge in [-0.1, -0.05) is 11.8 Å². The quantitative estimate of drug-likeness (QED) is 0.297. The molecule has 1 unspecified atom stereocenters. The predicted molar refractivity (Wildman–Crippen MR) is 44.8 cm³/mol. The number of hydrogen-bond donors (Lipinski definition) is 3. The average Bonchev–Trinajstić information content (AvgIpc) is 2.03. The lowest BCUT2D eigenvalue weighted by molar-refractivity contribution is -0.420. The Balaban J connectivity index is 2.87. The first-order valence-corrected chi connectivity index (χ1v) is 4.43. The van der Waals surface area contributed by atoms with Gasteiger partial charge in [-0.25, -0.2) is 0 Å². The molecule has 72 valence electrons. The van der Waals surface area contributed by atoms with Gasteiger partial charge in [-0.2, -0.15) is 0 Å². The van der Waals surface area contributed by atoms with Gasteiger partial charge >= 0.3 is 11.6 Å². The Morgan fingerprint density at radius 3 is 2.77 bits per heavy atom. The average molecular weight is 205 g/mol. The number of hydrogen-bond acceptors (Lipinski definition) is 6. The van der Waals surface area contributed by atoms with Crippen molar-refractivity contribution >= 4 is 17.7 Å². The fourth-order valence-corrected chi connectivity index (χ4v) is 1.10. The summed E-state index contributed by atoms with van der Waals surface area (Å²) in [5.74, 6) is -0.916. The van der Waals surface area contributed by atoms with Crippen LogP contribution >= 0.6 is 11.8 Å². The van der Waals surface area contributed by atoms with E-state index in [9.17, 15) is 20.0 Å². The van der Waals surface area contributed by atoms with Gasteiger partial charge in [-0.3, -0.25) is 20.2 Å². The molecule has 1 heterocycles. The van der Waals surface area contributed by atoms with Crippen LogP contribution in [0.3, 0.4) is 0 Å². The van der Waals surface area contributed by atoms with E-state index in [0.717, 1.165) is 18.0 Å². The van der Waals surface area contributed by atoms with Crippen molar-refractivity contribution in [3.63, 3.8) is 0 Å². The van der Waals surface area contributed by atoms with Crippen LogP contribution in [0.1, 0.15) is 0 Å². The standard InChI is InChI=1S/C5H7N3O4S/c1-13-5(10)6-2-3(8(11)12)4(9)7-5/h2,6,10H,1H3,(H,7,9). The van der Waals surface area contributed by atoms with Crippen LogP contribution in [0.4, 0.5) is 0 Å². The first-order chi connectivity index (χ1) is 5.98. The Bertz CT molecular complexity index is 292. The molecule has 1 aliphatic rings. The van der Waals surface area contributed by atoms with Gasteiger partial charge < -0.3 is 10.4 Å². The number of carbonyl (C=O) groups is 1. The van der Waals surface area contributed by atoms with Crippen molar-refractivity contribution in [1.29, 1.82) is 0 Å². The van der Waals surface area contributed by atoms with E-state index in [-0.39, 0.29) is 0 Å². The van der Waals surface area contributed by atoms with Crippen LogP contribution in [-0.2, 0) is 4.79 Å². The SMILES string of the molecule is CSC1(O)NC=C([N+](=O)[O-])C(=O)N1. The highest BCUT2D eigenvalue weighted by atomic mass is 32.2. The van der Waals surface area contributed by atoms with Crippen LogP contribution in [0.25, 0.3) is 0 Å². The maximum Gasteiger partial charge on any atom is 0.349 e. The summed E-state index contributed by atoms with van der Waals surface area (Å²) < 4.78 is 0. The molecule has 3 N–H and O–H groups in total. The molecule has 13 heavy (non-hydrogen) atoms. The molecule has 8 heteroatoms. The molecule has 7 nitrogen and oxygen atoms in total. The lowest BCUT2D eigenvalue weighted by atomic mass is 10.4. The van der Waals surface area contributed by atoms with Crippen LogP contribution in [0.5, 0.6) is 0 Å². The smallest absolute Gasteiger partial charge is 0.345 e. The Labute approximate surface area is 77.3 Å². The Kier molecular flexibility index (Phi) is 2.43. The van der Waals surface area contributed by atoms with Crippen molar-refractivity contribution in [2.24, 2.45) is 0 Å². The number of thioether (sulfide) groups is 1. The lowest BCUT2D eigenvalue weighted by Crippen LogP contribution is -2.58. The van der Waals surface area contributed by atoms with Gasteiger partial charge in [0.15, 0.2) is 0 Å². The van der Waals surface area contributed by atoms with Gasteiger partial charge in [-0.05, 0) is 6.26 Å². The fourth-order valence-electron chi connectivity index (χ4n) is 0.731. The highest BCUT2D eigenvalue weighted by Gasteiger charge is 2.37. The van der Waals surface area contributed by atoms with Gasteiger partial charge in [0.1, 0.15) is 0 Å². The Morgan fingerprint density at radius 1 is 1.77 bits per heavy atom. The number of amides is 1. The molecule has 0 bridgehead atoms. The molecule has 1 amide bonds. The maximum atomic E-state index is 11.0. The summed E-state index contributed by atoms with van der Waals surface area (Å²) in [5, 5.41) is 22.3. The van der Waals surface area contributed by atoms with E-state index in [1.807, 2.05) is 5.32 Å². The van der Waals surface area contributed by atoms with Crippen LogP contribution in [0, 0.1) is 10.1 Å². The largest absolute Gasteiger partial charge is 0.349 e. The lowest BCUT2D eigenvalue weighted by Gasteiger charge is -2.28. The highest BCUT2D eigenvalue weighted by molar-refractivity contribution is 7.99. The second kappa shape index (κ2) is 3.23. The monoisotopic (exact) mass is 205 g/mol. The van der Waals surface area contributed by atoms with E-state index in [0.29, 0.717) is 0 Å². The summed E-state index contributed by atoms with van der Waals surface area (Å²) >= 11 is 0.911. The number of aliphatic hydroxyl groups is 1. The summed E-state index contributed by atoms with van der Waals surface area (Å²) in [6.07, 6.45) is 2.41. The summed E-state index contributed by atoms with van der Waals surface area (Å²) in [7, 11) is 0. The third-order valence-corrected chi connectivity index (χ3v) is 2.22. The summed E-state index contributed by atoms with van der Waals surface area (Å²) in [5.41, 5.74) is -0.626. The first kappa shape index (κ1) is 9.81. The van der Waals surface area contributed by atoms with Crippen LogP contribution < -0.4 is 10.6 Å². The van der Waals surface area contributed by atoms with E-state index in [2.05, 4.69) is 5.32 Å². The molecule has 0 aromatic heterocycles. The fraction of sp³-hybridized carbons (Fsp3) is 0.400. The molecule has 1 atom stereocenters. The number of nitrogens with one attached hydrogen (secondary N) is 2. The van der Waals surface area contributed by atoms with Gasteiger partial charge in [0.25, 0.3) is 5.18 Å². The number of rotatable bonds is 2. The second-order valence-corrected chi connectivity index (χ2v) is 3.23. The zero-order valence-electron chi connectivity index (χ0n) is 6.60. The van der Waals surface area contributed by atoms with E-state index >= 15 is 0 Å². The summed E-state index contributed by atoms with van der Waals surface area (Å²) in [6, 6.07) is 0. The van der Waals surface area contributed by atoms with Crippen molar-refractivity contribution in [3.8, 4) is 0 Å². The van der Waals surface area contributed by atoms with E-state index in [4.69, 9.17) is 0 Å². The molecule has 0 saturated heterocycles. The molecule has 0 saturated carbocycles. The van der Waals surface area contributed by atoms with Crippen LogP contribution in [0.2, 0.25) is 0 Å². The molecule has 1 rings (SSSR count). The van der Waals surface area contributed by atoms with Gasteiger partial charge in [0.2, 0.25) is 0 Å². The van der Waals surface area contributed by atoms with E-state index in [1.54, 1.807) is 0 Å². The minimum atomic E-state index is -1.66. The molecule has 1 aliphatic heterocycles. The Morgan fingerprint density at radius 2 is 2.38 bits per heavy atom. The normalized spacial score (nSPS) is 27.2. The van der Waals surface area contributed by atoms with Gasteiger partial charge in [-0.15, -0.1) is 0 Å². The first-order valence-electron chi connectivity index (χ1n) is 3.21. The van der Waals surface area contributed by atoms with Gasteiger partial charge in [0, 0.05) is 0 Å². The van der Waals surface area contributed by atoms with E-state index in [1.165, 1.54) is 6.26 Å². The van der Waals surface area contributed by atoms with E-state index < -0.39 is 21.7 Å². The topological polar surface area (TPSA) is 104 Å². The molecular formula is C5H7N3O4S. The Hall–Kier alpha value is -1.28. The molecule has 0 fully saturated rings. The van der Waals surface area contributed by atoms with Crippen LogP contribution in [0.15, 0.2) is 11.9 Å². The number of nitro groups is 1.